The Balaban J connectivity index is 1.25. The number of likely N-dealkylation sites (tertiary alicyclic amines) is 1. The van der Waals surface area contributed by atoms with Gasteiger partial charge in [0, 0.05) is 43.4 Å². The van der Waals surface area contributed by atoms with Crippen LogP contribution in [0.5, 0.6) is 0 Å². The van der Waals surface area contributed by atoms with Gasteiger partial charge in [0.05, 0.1) is 19.4 Å². The zero-order valence-corrected chi connectivity index (χ0v) is 21.6. The van der Waals surface area contributed by atoms with E-state index in [0.29, 0.717) is 55.5 Å². The maximum absolute atomic E-state index is 6.31. The second-order valence-corrected chi connectivity index (χ2v) is 11.8. The summed E-state index contributed by atoms with van der Waals surface area (Å²) in [7, 11) is 0. The molecule has 5 heterocycles. The lowest BCUT2D eigenvalue weighted by atomic mass is 9.75. The van der Waals surface area contributed by atoms with E-state index in [1.807, 2.05) is 0 Å². The molecule has 5 saturated heterocycles. The highest BCUT2D eigenvalue weighted by Gasteiger charge is 2.51. The molecule has 8 unspecified atom stereocenters. The number of hydrogen-bond acceptors (Lipinski definition) is 9. The van der Waals surface area contributed by atoms with Crippen LogP contribution in [0, 0.1) is 5.92 Å². The minimum absolute atomic E-state index is 0.134. The first-order valence-corrected chi connectivity index (χ1v) is 14.6. The summed E-state index contributed by atoms with van der Waals surface area (Å²) >= 11 is 0. The van der Waals surface area contributed by atoms with E-state index in [1.54, 1.807) is 0 Å². The van der Waals surface area contributed by atoms with Gasteiger partial charge in [0.2, 0.25) is 0 Å². The van der Waals surface area contributed by atoms with E-state index in [0.717, 1.165) is 32.5 Å². The molecule has 0 aromatic heterocycles. The van der Waals surface area contributed by atoms with Crippen molar-refractivity contribution in [3.05, 3.63) is 0 Å². The van der Waals surface area contributed by atoms with Crippen LogP contribution in [0.15, 0.2) is 0 Å². The number of rotatable bonds is 2. The normalized spacial score (nSPS) is 46.7. The Labute approximate surface area is 211 Å². The van der Waals surface area contributed by atoms with Gasteiger partial charge >= 0.3 is 0 Å². The van der Waals surface area contributed by atoms with E-state index in [4.69, 9.17) is 14.2 Å². The zero-order valence-electron chi connectivity index (χ0n) is 21.6. The van der Waals surface area contributed by atoms with Crippen molar-refractivity contribution in [2.24, 2.45) is 5.92 Å². The monoisotopic (exact) mass is 492 g/mol. The lowest BCUT2D eigenvalue weighted by Gasteiger charge is -2.45. The Kier molecular flexibility index (Phi) is 8.25. The summed E-state index contributed by atoms with van der Waals surface area (Å²) in [6.45, 7) is 7.64. The molecule has 200 valence electrons. The van der Waals surface area contributed by atoms with Crippen LogP contribution in [0.2, 0.25) is 0 Å². The van der Waals surface area contributed by atoms with Crippen molar-refractivity contribution in [3.63, 3.8) is 0 Å². The number of fused-ring (bicyclic) bond motifs is 4. The minimum Gasteiger partial charge on any atom is -0.379 e. The molecule has 4 bridgehead atoms. The molecule has 6 aliphatic rings. The third-order valence-corrected chi connectivity index (χ3v) is 9.37. The number of hydrogen-bond donors (Lipinski definition) is 4. The first-order chi connectivity index (χ1) is 17.2. The van der Waals surface area contributed by atoms with Crippen LogP contribution < -0.4 is 21.4 Å². The highest BCUT2D eigenvalue weighted by atomic mass is 16.5. The Morgan fingerprint density at radius 2 is 1.69 bits per heavy atom. The summed E-state index contributed by atoms with van der Waals surface area (Å²) in [6.07, 6.45) is 12.5. The molecule has 6 rings (SSSR count). The van der Waals surface area contributed by atoms with Crippen LogP contribution in [-0.2, 0) is 14.2 Å². The van der Waals surface area contributed by atoms with Gasteiger partial charge in [-0.2, -0.15) is 0 Å². The van der Waals surface area contributed by atoms with E-state index in [9.17, 15) is 0 Å². The molecule has 1 aliphatic carbocycles. The van der Waals surface area contributed by atoms with Crippen molar-refractivity contribution in [2.45, 2.75) is 120 Å². The second kappa shape index (κ2) is 11.6. The molecule has 6 fully saturated rings. The van der Waals surface area contributed by atoms with E-state index < -0.39 is 0 Å². The van der Waals surface area contributed by atoms with E-state index in [2.05, 4.69) is 38.2 Å². The van der Waals surface area contributed by atoms with Crippen LogP contribution in [0.1, 0.15) is 71.1 Å². The van der Waals surface area contributed by atoms with Crippen LogP contribution >= 0.6 is 0 Å². The van der Waals surface area contributed by atoms with Crippen molar-refractivity contribution in [2.75, 3.05) is 39.5 Å². The molecule has 9 atom stereocenters. The van der Waals surface area contributed by atoms with Crippen molar-refractivity contribution >= 4 is 0 Å². The predicted molar refractivity (Wildman–Crippen MR) is 134 cm³/mol. The number of nitrogens with zero attached hydrogens (tertiary/aromatic N) is 2. The largest absolute Gasteiger partial charge is 0.379 e. The Bertz CT molecular complexity index is 675. The molecule has 9 heteroatoms. The summed E-state index contributed by atoms with van der Waals surface area (Å²) < 4.78 is 18.5. The molecule has 0 radical (unpaired) electrons. The quantitative estimate of drug-likeness (QED) is 0.456. The molecule has 0 aromatic carbocycles. The van der Waals surface area contributed by atoms with Gasteiger partial charge in [0.1, 0.15) is 6.23 Å². The lowest BCUT2D eigenvalue weighted by Crippen LogP contribution is -2.68. The van der Waals surface area contributed by atoms with E-state index in [-0.39, 0.29) is 12.6 Å². The van der Waals surface area contributed by atoms with Crippen LogP contribution in [0.25, 0.3) is 0 Å². The molecule has 5 aliphatic heterocycles. The van der Waals surface area contributed by atoms with Gasteiger partial charge in [-0.25, -0.2) is 10.4 Å². The summed E-state index contributed by atoms with van der Waals surface area (Å²) in [5, 5.41) is 14.2. The molecule has 0 amide bonds. The molecule has 35 heavy (non-hydrogen) atoms. The third-order valence-electron chi connectivity index (χ3n) is 9.37. The van der Waals surface area contributed by atoms with E-state index in [1.165, 1.54) is 58.0 Å². The van der Waals surface area contributed by atoms with Gasteiger partial charge < -0.3 is 19.5 Å². The summed E-state index contributed by atoms with van der Waals surface area (Å²) in [5.74, 6) is 0.607. The van der Waals surface area contributed by atoms with Gasteiger partial charge in [-0.3, -0.25) is 15.5 Å². The fourth-order valence-corrected chi connectivity index (χ4v) is 7.58. The van der Waals surface area contributed by atoms with Crippen molar-refractivity contribution in [3.8, 4) is 0 Å². The number of hydrazine groups is 1. The fourth-order valence-electron chi connectivity index (χ4n) is 7.58. The van der Waals surface area contributed by atoms with Crippen molar-refractivity contribution in [1.82, 2.24) is 31.3 Å². The number of nitrogens with one attached hydrogen (secondary N) is 4. The van der Waals surface area contributed by atoms with E-state index >= 15 is 0 Å². The summed E-state index contributed by atoms with van der Waals surface area (Å²) in [6, 6.07) is 2.36. The predicted octanol–water partition coefficient (Wildman–Crippen LogP) is 1.31. The highest BCUT2D eigenvalue weighted by Crippen LogP contribution is 2.40. The standard InChI is InChI=1S/C26H48N6O3/c1-18-9-13-33-14-15-35-26-28-21(17-23(29-26)31-10-3-4-11-31)25-20-16-19(27-18)7-8-22(20)32(30-25)24-6-2-5-12-34-24/h18-30H,2-17H2,1H3/t18-,19?,20?,21?,22?,23?,24?,25?,26?/m0/s1. The van der Waals surface area contributed by atoms with Gasteiger partial charge in [-0.05, 0) is 90.1 Å². The average Bonchev–Trinajstić information content (AvgIpc) is 3.55. The third kappa shape index (κ3) is 5.73. The Morgan fingerprint density at radius 3 is 2.54 bits per heavy atom. The first-order valence-electron chi connectivity index (χ1n) is 14.6. The molecule has 4 N–H and O–H groups in total. The summed E-state index contributed by atoms with van der Waals surface area (Å²) in [5.41, 5.74) is 4.05. The molecule has 0 aromatic rings. The number of ether oxygens (including phenoxy) is 3. The van der Waals surface area contributed by atoms with Crippen molar-refractivity contribution < 1.29 is 14.2 Å². The second-order valence-electron chi connectivity index (χ2n) is 11.8. The maximum Gasteiger partial charge on any atom is 0.165 e. The van der Waals surface area contributed by atoms with Gasteiger partial charge in [-0.1, -0.05) is 0 Å². The lowest BCUT2D eigenvalue weighted by molar-refractivity contribution is -0.119. The maximum atomic E-state index is 6.31. The van der Waals surface area contributed by atoms with Crippen LogP contribution in [-0.4, -0.2) is 98.4 Å². The average molecular weight is 493 g/mol. The van der Waals surface area contributed by atoms with Crippen LogP contribution in [0.4, 0.5) is 0 Å². The minimum atomic E-state index is -0.134. The van der Waals surface area contributed by atoms with Crippen molar-refractivity contribution in [1.29, 1.82) is 0 Å². The van der Waals surface area contributed by atoms with Crippen LogP contribution in [0.3, 0.4) is 0 Å². The smallest absolute Gasteiger partial charge is 0.165 e. The Morgan fingerprint density at radius 1 is 0.771 bits per heavy atom. The van der Waals surface area contributed by atoms with Gasteiger partial charge in [0.25, 0.3) is 0 Å². The molecular weight excluding hydrogens is 444 g/mol. The van der Waals surface area contributed by atoms with Gasteiger partial charge in [0.15, 0.2) is 6.35 Å². The summed E-state index contributed by atoms with van der Waals surface area (Å²) in [4.78, 5) is 2.64. The fraction of sp³-hybridized carbons (Fsp3) is 1.00. The first kappa shape index (κ1) is 24.9. The molecule has 0 spiro atoms. The molecular formula is C26H48N6O3. The Hall–Kier alpha value is -0.360. The highest BCUT2D eigenvalue weighted by molar-refractivity contribution is 5.05. The SMILES string of the molecule is C[C@H]1CCOCCOC2NC(CC(N3CCCC3)N2)C2NN(C3CCCCO3)C3CCC(CC23)N1. The molecule has 1 saturated carbocycles. The molecule has 9 nitrogen and oxygen atoms in total. The topological polar surface area (TPSA) is 82.3 Å². The van der Waals surface area contributed by atoms with Gasteiger partial charge in [-0.15, -0.1) is 0 Å². The zero-order chi connectivity index (χ0) is 23.6.